The summed E-state index contributed by atoms with van der Waals surface area (Å²) in [4.78, 5) is 30.8. The Labute approximate surface area is 274 Å². The zero-order chi connectivity index (χ0) is 33.6. The number of aromatic hydroxyl groups is 1. The second kappa shape index (κ2) is 14.8. The summed E-state index contributed by atoms with van der Waals surface area (Å²) < 4.78 is 5.72. The van der Waals surface area contributed by atoms with Gasteiger partial charge in [0.25, 0.3) is 0 Å². The zero-order valence-electron chi connectivity index (χ0n) is 28.4. The van der Waals surface area contributed by atoms with Gasteiger partial charge in [-0.2, -0.15) is 0 Å². The summed E-state index contributed by atoms with van der Waals surface area (Å²) in [6, 6.07) is 12.5. The van der Waals surface area contributed by atoms with E-state index in [0.717, 1.165) is 31.2 Å². The molecule has 0 aromatic heterocycles. The molecule has 1 saturated carbocycles. The molecule has 45 heavy (non-hydrogen) atoms. The molecule has 1 unspecified atom stereocenters. The lowest BCUT2D eigenvalue weighted by atomic mass is 9.85. The molecule has 2 aromatic rings. The lowest BCUT2D eigenvalue weighted by molar-refractivity contribution is -0.143. The van der Waals surface area contributed by atoms with Crippen LogP contribution in [0.4, 0.5) is 0 Å². The normalized spacial score (nSPS) is 18.2. The van der Waals surface area contributed by atoms with Crippen molar-refractivity contribution in [2.24, 2.45) is 15.8 Å². The fourth-order valence-electron chi connectivity index (χ4n) is 5.16. The van der Waals surface area contributed by atoms with Crippen molar-refractivity contribution in [1.29, 1.82) is 0 Å². The highest BCUT2D eigenvalue weighted by molar-refractivity contribution is 7.80. The number of hydrogen-bond donors (Lipinski definition) is 4. The molecular weight excluding hydrogens is 584 g/mol. The highest BCUT2D eigenvalue weighted by atomic mass is 32.1. The first-order chi connectivity index (χ1) is 20.9. The topological polar surface area (TPSA) is 112 Å². The number of phenols is 1. The summed E-state index contributed by atoms with van der Waals surface area (Å²) in [6.45, 7) is 17.9. The number of nitrogens with zero attached hydrogens (tertiary/aromatic N) is 1. The average Bonchev–Trinajstić information content (AvgIpc) is 2.94. The molecule has 9 heteroatoms. The number of carbonyl (C=O) groups is 2. The van der Waals surface area contributed by atoms with Gasteiger partial charge in [-0.3, -0.25) is 14.6 Å². The van der Waals surface area contributed by atoms with Crippen LogP contribution in [-0.2, 0) is 21.5 Å². The van der Waals surface area contributed by atoms with Gasteiger partial charge in [0.1, 0.15) is 17.5 Å². The maximum atomic E-state index is 13.3. The largest absolute Gasteiger partial charge is 0.507 e. The highest BCUT2D eigenvalue weighted by Crippen LogP contribution is 2.37. The van der Waals surface area contributed by atoms with Gasteiger partial charge in [-0.1, -0.05) is 84.7 Å². The molecule has 246 valence electrons. The zero-order valence-corrected chi connectivity index (χ0v) is 29.2. The number of aliphatic imine (C=N–C) groups is 1. The smallest absolute Gasteiger partial charge is 0.316 e. The lowest BCUT2D eigenvalue weighted by Gasteiger charge is -2.34. The van der Waals surface area contributed by atoms with Crippen LogP contribution in [-0.4, -0.2) is 46.4 Å². The molecule has 4 N–H and O–H groups in total. The number of rotatable bonds is 8. The van der Waals surface area contributed by atoms with E-state index in [-0.39, 0.29) is 40.5 Å². The number of benzene rings is 2. The monoisotopic (exact) mass is 636 g/mol. The Kier molecular flexibility index (Phi) is 11.8. The summed E-state index contributed by atoms with van der Waals surface area (Å²) in [6.07, 6.45) is 5.45. The molecule has 3 rings (SSSR count). The van der Waals surface area contributed by atoms with Crippen molar-refractivity contribution >= 4 is 35.4 Å². The fourth-order valence-corrected chi connectivity index (χ4v) is 5.43. The van der Waals surface area contributed by atoms with E-state index in [1.54, 1.807) is 39.1 Å². The minimum absolute atomic E-state index is 0.0471. The third-order valence-electron chi connectivity index (χ3n) is 7.91. The Hall–Kier alpha value is -3.46. The molecule has 0 heterocycles. The fraction of sp³-hybridized carbons (Fsp3) is 0.556. The second-order valence-corrected chi connectivity index (χ2v) is 15.6. The molecule has 0 spiro atoms. The predicted octanol–water partition coefficient (Wildman–Crippen LogP) is 6.57. The number of amides is 1. The number of ether oxygens (including phenoxy) is 1. The van der Waals surface area contributed by atoms with Gasteiger partial charge in [-0.15, -0.1) is 0 Å². The Balaban J connectivity index is 1.77. The van der Waals surface area contributed by atoms with Gasteiger partial charge in [0.05, 0.1) is 17.5 Å². The van der Waals surface area contributed by atoms with Gasteiger partial charge in [-0.25, -0.2) is 0 Å². The summed E-state index contributed by atoms with van der Waals surface area (Å²) in [5, 5.41) is 21.4. The van der Waals surface area contributed by atoms with E-state index in [0.29, 0.717) is 28.5 Å². The number of carbonyl (C=O) groups excluding carboxylic acids is 2. The molecule has 3 atom stereocenters. The van der Waals surface area contributed by atoms with Crippen LogP contribution in [0.1, 0.15) is 105 Å². The van der Waals surface area contributed by atoms with E-state index < -0.39 is 11.5 Å². The Morgan fingerprint density at radius 3 is 2.27 bits per heavy atom. The van der Waals surface area contributed by atoms with Crippen LogP contribution in [0, 0.1) is 10.8 Å². The Bertz CT molecular complexity index is 1370. The molecule has 2 aromatic carbocycles. The van der Waals surface area contributed by atoms with Crippen LogP contribution < -0.4 is 20.7 Å². The maximum absolute atomic E-state index is 13.3. The van der Waals surface area contributed by atoms with Crippen molar-refractivity contribution < 1.29 is 19.4 Å². The molecule has 0 radical (unpaired) electrons. The lowest BCUT2D eigenvalue weighted by Crippen LogP contribution is -2.58. The van der Waals surface area contributed by atoms with E-state index in [1.807, 2.05) is 71.9 Å². The van der Waals surface area contributed by atoms with Gasteiger partial charge in [0, 0.05) is 23.9 Å². The molecule has 0 saturated heterocycles. The highest BCUT2D eigenvalue weighted by Gasteiger charge is 2.33. The number of hydrogen-bond acceptors (Lipinski definition) is 6. The van der Waals surface area contributed by atoms with Crippen LogP contribution in [0.25, 0.3) is 0 Å². The second-order valence-electron chi connectivity index (χ2n) is 15.2. The van der Waals surface area contributed by atoms with E-state index >= 15 is 0 Å². The van der Waals surface area contributed by atoms with E-state index in [4.69, 9.17) is 21.9 Å². The summed E-state index contributed by atoms with van der Waals surface area (Å²) in [5.74, 6) is 0.0251. The number of phenolic OH excluding ortho intramolecular Hbond substituents is 1. The van der Waals surface area contributed by atoms with Crippen molar-refractivity contribution in [3.05, 3.63) is 59.2 Å². The molecule has 1 aliphatic carbocycles. The van der Waals surface area contributed by atoms with Gasteiger partial charge >= 0.3 is 5.97 Å². The van der Waals surface area contributed by atoms with Gasteiger partial charge in [0.15, 0.2) is 5.11 Å². The van der Waals surface area contributed by atoms with Crippen molar-refractivity contribution in [3.8, 4) is 11.5 Å². The Morgan fingerprint density at radius 1 is 1.02 bits per heavy atom. The maximum Gasteiger partial charge on any atom is 0.316 e. The number of esters is 1. The molecule has 1 fully saturated rings. The predicted molar refractivity (Wildman–Crippen MR) is 186 cm³/mol. The molecule has 0 aliphatic heterocycles. The van der Waals surface area contributed by atoms with Crippen molar-refractivity contribution in [2.45, 2.75) is 118 Å². The molecular formula is C36H52N4O4S. The minimum atomic E-state index is -0.671. The van der Waals surface area contributed by atoms with Crippen molar-refractivity contribution in [1.82, 2.24) is 16.0 Å². The molecule has 8 nitrogen and oxygen atoms in total. The molecule has 1 aliphatic rings. The number of nitrogens with one attached hydrogen (secondary N) is 3. The summed E-state index contributed by atoms with van der Waals surface area (Å²) >= 11 is 5.73. The first-order valence-corrected chi connectivity index (χ1v) is 16.3. The van der Waals surface area contributed by atoms with Crippen LogP contribution in [0.15, 0.2) is 47.5 Å². The van der Waals surface area contributed by atoms with Gasteiger partial charge in [0.2, 0.25) is 5.91 Å². The average molecular weight is 637 g/mol. The van der Waals surface area contributed by atoms with Crippen molar-refractivity contribution in [3.63, 3.8) is 0 Å². The van der Waals surface area contributed by atoms with Gasteiger partial charge < -0.3 is 25.8 Å². The summed E-state index contributed by atoms with van der Waals surface area (Å²) in [7, 11) is 0. The first kappa shape index (κ1) is 36.0. The van der Waals surface area contributed by atoms with E-state index in [2.05, 4.69) is 16.0 Å². The van der Waals surface area contributed by atoms with Crippen LogP contribution in [0.5, 0.6) is 11.5 Å². The van der Waals surface area contributed by atoms with Crippen LogP contribution >= 0.6 is 12.2 Å². The third-order valence-corrected chi connectivity index (χ3v) is 8.14. The SMILES string of the molecule is CC(C)(C)C(=O)Oc1cc(C=N[C@@H]2CCCC[C@H]2NC(=S)NC(C(=O)NCc2ccccc2)C(C)(C)C)c(O)c(C(C)(C)C)c1. The first-order valence-electron chi connectivity index (χ1n) is 15.9. The number of thiocarbonyl (C=S) groups is 1. The molecule has 0 bridgehead atoms. The van der Waals surface area contributed by atoms with Crippen LogP contribution in [0.2, 0.25) is 0 Å². The third kappa shape index (κ3) is 10.6. The Morgan fingerprint density at radius 2 is 1.67 bits per heavy atom. The standard InChI is InChI=1S/C36H52N4O4S/c1-34(2,3)26-20-25(44-32(43)36(7,8)9)19-24(29(26)41)22-37-27-17-13-14-18-28(27)39-33(45)40-30(35(4,5)6)31(42)38-21-23-15-11-10-12-16-23/h10-12,15-16,19-20,22,27-28,30,41H,13-14,17-18,21H2,1-9H3,(H,38,42)(H2,39,40,45)/t27-,28-,30?/m1/s1. The van der Waals surface area contributed by atoms with E-state index in [1.165, 1.54) is 0 Å². The van der Waals surface area contributed by atoms with Gasteiger partial charge in [-0.05, 0) is 74.4 Å². The van der Waals surface area contributed by atoms with Crippen molar-refractivity contribution in [2.75, 3.05) is 0 Å². The van der Waals surface area contributed by atoms with E-state index in [9.17, 15) is 14.7 Å². The molecule has 1 amide bonds. The quantitative estimate of drug-likeness (QED) is 0.112. The van der Waals surface area contributed by atoms with Crippen LogP contribution in [0.3, 0.4) is 0 Å². The minimum Gasteiger partial charge on any atom is -0.507 e. The summed E-state index contributed by atoms with van der Waals surface area (Å²) in [5.41, 5.74) is 0.746.